The van der Waals surface area contributed by atoms with Crippen LogP contribution in [0.1, 0.15) is 6.92 Å². The molecule has 2 aliphatic heterocycles. The van der Waals surface area contributed by atoms with Crippen LogP contribution in [0.2, 0.25) is 0 Å². The van der Waals surface area contributed by atoms with Crippen molar-refractivity contribution in [3.63, 3.8) is 0 Å². The highest BCUT2D eigenvalue weighted by atomic mass is 16.8. The number of fused-ring (bicyclic) bond motifs is 1. The molecular formula is C27H30O15. The molecule has 10 atom stereocenters. The standard InChI is InChI=1S/C27H30O15/c1-9-18(31)22(35)24(37)26(38-9)42-25-23(36)20(33)16(8-28)41-27(25)40-15-7-14-17(21(34)19(15)32)12(30)6-13(39-14)10-2-4-11(29)5-3-10/h2-7,9,16,18,20,22-29,31-37H,8H2,1H3. The largest absolute Gasteiger partial charge is 0.508 e. The molecule has 3 aromatic rings. The summed E-state index contributed by atoms with van der Waals surface area (Å²) in [6, 6.07) is 7.83. The van der Waals surface area contributed by atoms with Crippen molar-refractivity contribution < 1.29 is 69.3 Å². The van der Waals surface area contributed by atoms with Gasteiger partial charge in [-0.1, -0.05) is 0 Å². The molecule has 15 heteroatoms. The van der Waals surface area contributed by atoms with Crippen LogP contribution in [0, 0.1) is 0 Å². The molecule has 2 aromatic carbocycles. The third-order valence-corrected chi connectivity index (χ3v) is 7.25. The lowest BCUT2D eigenvalue weighted by molar-refractivity contribution is -0.354. The maximum Gasteiger partial charge on any atom is 0.229 e. The highest BCUT2D eigenvalue weighted by molar-refractivity contribution is 5.89. The molecule has 0 radical (unpaired) electrons. The van der Waals surface area contributed by atoms with Crippen molar-refractivity contribution in [1.82, 2.24) is 0 Å². The maximum absolute atomic E-state index is 12.8. The van der Waals surface area contributed by atoms with E-state index in [0.29, 0.717) is 5.56 Å². The number of phenolic OH excluding ortho intramolecular Hbond substituents is 3. The van der Waals surface area contributed by atoms with Gasteiger partial charge in [0.15, 0.2) is 29.3 Å². The number of ether oxygens (including phenoxy) is 4. The number of aromatic hydroxyl groups is 3. The van der Waals surface area contributed by atoms with E-state index in [0.717, 1.165) is 12.1 Å². The van der Waals surface area contributed by atoms with Gasteiger partial charge in [-0.05, 0) is 31.2 Å². The van der Waals surface area contributed by atoms with Crippen LogP contribution in [-0.4, -0.2) is 114 Å². The minimum atomic E-state index is -1.84. The molecule has 0 amide bonds. The van der Waals surface area contributed by atoms with E-state index < -0.39 is 90.7 Å². The van der Waals surface area contributed by atoms with Crippen LogP contribution >= 0.6 is 0 Å². The molecule has 228 valence electrons. The Kier molecular flexibility index (Phi) is 8.30. The zero-order valence-electron chi connectivity index (χ0n) is 21.9. The molecular weight excluding hydrogens is 564 g/mol. The van der Waals surface area contributed by atoms with Crippen LogP contribution in [0.15, 0.2) is 45.6 Å². The first kappa shape index (κ1) is 30.0. The van der Waals surface area contributed by atoms with E-state index in [-0.39, 0.29) is 22.5 Å². The number of benzene rings is 2. The molecule has 0 spiro atoms. The van der Waals surface area contributed by atoms with Crippen molar-refractivity contribution >= 4 is 11.0 Å². The number of rotatable bonds is 6. The van der Waals surface area contributed by atoms with Gasteiger partial charge >= 0.3 is 0 Å². The van der Waals surface area contributed by atoms with Gasteiger partial charge in [-0.3, -0.25) is 4.79 Å². The fourth-order valence-electron chi connectivity index (χ4n) is 4.83. The second kappa shape index (κ2) is 11.6. The topological polar surface area (TPSA) is 249 Å². The molecule has 10 unspecified atom stereocenters. The van der Waals surface area contributed by atoms with E-state index >= 15 is 0 Å². The molecule has 0 aliphatic carbocycles. The van der Waals surface area contributed by atoms with Gasteiger partial charge in [0.25, 0.3) is 0 Å². The van der Waals surface area contributed by atoms with E-state index in [2.05, 4.69) is 0 Å². The van der Waals surface area contributed by atoms with E-state index in [4.69, 9.17) is 23.4 Å². The Labute approximate surface area is 236 Å². The highest BCUT2D eigenvalue weighted by Gasteiger charge is 2.51. The van der Waals surface area contributed by atoms with Gasteiger partial charge in [-0.15, -0.1) is 0 Å². The van der Waals surface area contributed by atoms with E-state index in [1.165, 1.54) is 31.2 Å². The Morgan fingerprint density at radius 3 is 2.17 bits per heavy atom. The lowest BCUT2D eigenvalue weighted by Crippen LogP contribution is -2.64. The second-order valence-electron chi connectivity index (χ2n) is 10.1. The lowest BCUT2D eigenvalue weighted by atomic mass is 9.97. The number of hydrogen-bond donors (Lipinski definition) is 9. The Morgan fingerprint density at radius 2 is 1.50 bits per heavy atom. The normalized spacial score (nSPS) is 33.5. The summed E-state index contributed by atoms with van der Waals surface area (Å²) in [6.07, 6.45) is -16.1. The van der Waals surface area contributed by atoms with Gasteiger partial charge < -0.3 is 69.3 Å². The zero-order valence-corrected chi connectivity index (χ0v) is 21.9. The first-order valence-corrected chi connectivity index (χ1v) is 12.9. The van der Waals surface area contributed by atoms with Crippen molar-refractivity contribution in [2.45, 2.75) is 68.3 Å². The molecule has 3 heterocycles. The second-order valence-corrected chi connectivity index (χ2v) is 10.1. The predicted molar refractivity (Wildman–Crippen MR) is 139 cm³/mol. The van der Waals surface area contributed by atoms with Crippen molar-refractivity contribution in [2.75, 3.05) is 6.61 Å². The summed E-state index contributed by atoms with van der Waals surface area (Å²) < 4.78 is 28.1. The number of phenols is 3. The Bertz CT molecular complexity index is 1470. The Balaban J connectivity index is 1.51. The Hall–Kier alpha value is -3.51. The van der Waals surface area contributed by atoms with Gasteiger partial charge in [-0.2, -0.15) is 0 Å². The van der Waals surface area contributed by atoms with Crippen LogP contribution in [0.4, 0.5) is 0 Å². The summed E-state index contributed by atoms with van der Waals surface area (Å²) in [7, 11) is 0. The SMILES string of the molecule is CC1OC(OC2C(Oc3cc4oc(-c5ccc(O)cc5)cc(=O)c4c(O)c3O)OC(CO)C(O)C2O)C(O)C(O)C1O. The van der Waals surface area contributed by atoms with Crippen LogP contribution in [0.5, 0.6) is 23.0 Å². The zero-order chi connectivity index (χ0) is 30.5. The molecule has 2 fully saturated rings. The molecule has 9 N–H and O–H groups in total. The van der Waals surface area contributed by atoms with Crippen molar-refractivity contribution in [2.24, 2.45) is 0 Å². The average molecular weight is 595 g/mol. The molecule has 42 heavy (non-hydrogen) atoms. The molecule has 2 aliphatic rings. The van der Waals surface area contributed by atoms with Gasteiger partial charge in [0.05, 0.1) is 12.7 Å². The first-order valence-electron chi connectivity index (χ1n) is 12.9. The minimum absolute atomic E-state index is 0.0239. The first-order chi connectivity index (χ1) is 19.9. The third kappa shape index (κ3) is 5.37. The van der Waals surface area contributed by atoms with Crippen LogP contribution in [-0.2, 0) is 14.2 Å². The number of aliphatic hydroxyl groups is 6. The lowest BCUT2D eigenvalue weighted by Gasteiger charge is -2.45. The van der Waals surface area contributed by atoms with Crippen molar-refractivity contribution in [3.05, 3.63) is 46.6 Å². The Morgan fingerprint density at radius 1 is 0.810 bits per heavy atom. The molecule has 1 aromatic heterocycles. The van der Waals surface area contributed by atoms with Crippen LogP contribution < -0.4 is 10.2 Å². The molecule has 0 bridgehead atoms. The predicted octanol–water partition coefficient (Wildman–Crippen LogP) is -1.39. The highest BCUT2D eigenvalue weighted by Crippen LogP contribution is 2.43. The van der Waals surface area contributed by atoms with Crippen molar-refractivity contribution in [1.29, 1.82) is 0 Å². The van der Waals surface area contributed by atoms with E-state index in [9.17, 15) is 50.8 Å². The maximum atomic E-state index is 12.8. The fraction of sp³-hybridized carbons (Fsp3) is 0.444. The smallest absolute Gasteiger partial charge is 0.229 e. The summed E-state index contributed by atoms with van der Waals surface area (Å²) in [4.78, 5) is 12.8. The number of aliphatic hydroxyl groups excluding tert-OH is 6. The third-order valence-electron chi connectivity index (χ3n) is 7.25. The monoisotopic (exact) mass is 594 g/mol. The van der Waals surface area contributed by atoms with Gasteiger partial charge in [0, 0.05) is 17.7 Å². The summed E-state index contributed by atoms with van der Waals surface area (Å²) in [5.41, 5.74) is -0.548. The van der Waals surface area contributed by atoms with E-state index in [1.54, 1.807) is 0 Å². The fourth-order valence-corrected chi connectivity index (χ4v) is 4.83. The average Bonchev–Trinajstić information content (AvgIpc) is 2.96. The van der Waals surface area contributed by atoms with E-state index in [1.807, 2.05) is 0 Å². The number of hydrogen-bond acceptors (Lipinski definition) is 15. The van der Waals surface area contributed by atoms with Gasteiger partial charge in [0.2, 0.25) is 12.0 Å². The quantitative estimate of drug-likeness (QED) is 0.149. The summed E-state index contributed by atoms with van der Waals surface area (Å²) >= 11 is 0. The summed E-state index contributed by atoms with van der Waals surface area (Å²) in [5, 5.41) is 91.9. The van der Waals surface area contributed by atoms with Crippen LogP contribution in [0.25, 0.3) is 22.3 Å². The molecule has 0 saturated carbocycles. The van der Waals surface area contributed by atoms with Crippen molar-refractivity contribution in [3.8, 4) is 34.3 Å². The van der Waals surface area contributed by atoms with Gasteiger partial charge in [0.1, 0.15) is 59.1 Å². The molecule has 5 rings (SSSR count). The molecule has 2 saturated heterocycles. The minimum Gasteiger partial charge on any atom is -0.508 e. The summed E-state index contributed by atoms with van der Waals surface area (Å²) in [5.74, 6) is -2.33. The molecule has 15 nitrogen and oxygen atoms in total. The summed E-state index contributed by atoms with van der Waals surface area (Å²) in [6.45, 7) is 0.611. The van der Waals surface area contributed by atoms with Gasteiger partial charge in [-0.25, -0.2) is 0 Å². The van der Waals surface area contributed by atoms with Crippen LogP contribution in [0.3, 0.4) is 0 Å².